The molecule has 23 heavy (non-hydrogen) atoms. The molecule has 2 aromatic rings. The number of carbonyl (C=O) groups is 2. The average molecular weight is 314 g/mol. The Kier molecular flexibility index (Phi) is 5.46. The Morgan fingerprint density at radius 2 is 1.83 bits per heavy atom. The van der Waals surface area contributed by atoms with Crippen LogP contribution in [0.15, 0.2) is 48.5 Å². The smallest absolute Gasteiger partial charge is 0.251 e. The summed E-state index contributed by atoms with van der Waals surface area (Å²) in [4.78, 5) is 24.0. The Hall–Kier alpha value is -2.69. The lowest BCUT2D eigenvalue weighted by Gasteiger charge is -2.14. The van der Waals surface area contributed by atoms with Gasteiger partial charge in [0, 0.05) is 23.7 Å². The number of carbonyl (C=O) groups excluding carboxylic acids is 2. The first-order valence-corrected chi connectivity index (χ1v) is 7.37. The fraction of sp³-hybridized carbons (Fsp3) is 0.222. The number of halogens is 1. The van der Waals surface area contributed by atoms with E-state index in [1.807, 2.05) is 6.07 Å². The van der Waals surface area contributed by atoms with Crippen LogP contribution in [-0.4, -0.2) is 17.9 Å². The third-order valence-corrected chi connectivity index (χ3v) is 3.37. The summed E-state index contributed by atoms with van der Waals surface area (Å²) in [5.74, 6) is -0.798. The Balaban J connectivity index is 1.88. The topological polar surface area (TPSA) is 58.2 Å². The molecule has 2 aromatic carbocycles. The summed E-state index contributed by atoms with van der Waals surface area (Å²) in [5, 5.41) is 5.50. The van der Waals surface area contributed by atoms with Gasteiger partial charge in [0.1, 0.15) is 5.82 Å². The minimum atomic E-state index is -0.344. The first-order valence-electron chi connectivity index (χ1n) is 7.37. The fourth-order valence-electron chi connectivity index (χ4n) is 2.19. The predicted molar refractivity (Wildman–Crippen MR) is 87.8 cm³/mol. The molecule has 0 aliphatic rings. The molecule has 0 aromatic heterocycles. The van der Waals surface area contributed by atoms with Crippen LogP contribution >= 0.6 is 0 Å². The van der Waals surface area contributed by atoms with Crippen LogP contribution in [0.1, 0.15) is 29.3 Å². The quantitative estimate of drug-likeness (QED) is 0.890. The molecule has 1 unspecified atom stereocenters. The minimum Gasteiger partial charge on any atom is -0.349 e. The van der Waals surface area contributed by atoms with E-state index in [-0.39, 0.29) is 30.1 Å². The molecule has 0 saturated heterocycles. The second-order valence-corrected chi connectivity index (χ2v) is 5.45. The van der Waals surface area contributed by atoms with Crippen LogP contribution in [0, 0.1) is 12.7 Å². The maximum absolute atomic E-state index is 13.0. The molecule has 2 amide bonds. The average Bonchev–Trinajstić information content (AvgIpc) is 2.50. The molecular weight excluding hydrogens is 295 g/mol. The van der Waals surface area contributed by atoms with E-state index < -0.39 is 0 Å². The molecule has 0 spiro atoms. The third kappa shape index (κ3) is 4.92. The van der Waals surface area contributed by atoms with Crippen molar-refractivity contribution < 1.29 is 14.0 Å². The Morgan fingerprint density at radius 1 is 1.13 bits per heavy atom. The molecule has 0 radical (unpaired) electrons. The second kappa shape index (κ2) is 7.54. The standard InChI is InChI=1S/C18H19FN2O2/c1-12-10-15(19)8-9-16(12)21-17(22)11-13(2)20-18(23)14-6-4-3-5-7-14/h3-10,13H,11H2,1-2H3,(H,20,23)(H,21,22). The van der Waals surface area contributed by atoms with E-state index in [1.54, 1.807) is 38.1 Å². The SMILES string of the molecule is Cc1cc(F)ccc1NC(=O)CC(C)NC(=O)c1ccccc1. The van der Waals surface area contributed by atoms with Crippen LogP contribution in [0.2, 0.25) is 0 Å². The highest BCUT2D eigenvalue weighted by molar-refractivity contribution is 5.95. The zero-order valence-electron chi connectivity index (χ0n) is 13.1. The Morgan fingerprint density at radius 3 is 2.48 bits per heavy atom. The zero-order chi connectivity index (χ0) is 16.8. The van der Waals surface area contributed by atoms with Gasteiger partial charge in [-0.25, -0.2) is 4.39 Å². The van der Waals surface area contributed by atoms with Crippen LogP contribution in [-0.2, 0) is 4.79 Å². The molecule has 0 fully saturated rings. The van der Waals surface area contributed by atoms with Crippen LogP contribution in [0.5, 0.6) is 0 Å². The van der Waals surface area contributed by atoms with Gasteiger partial charge in [-0.15, -0.1) is 0 Å². The van der Waals surface area contributed by atoms with E-state index in [0.29, 0.717) is 16.8 Å². The normalized spacial score (nSPS) is 11.6. The highest BCUT2D eigenvalue weighted by Gasteiger charge is 2.14. The summed E-state index contributed by atoms with van der Waals surface area (Å²) < 4.78 is 13.0. The zero-order valence-corrected chi connectivity index (χ0v) is 13.1. The number of hydrogen-bond donors (Lipinski definition) is 2. The summed E-state index contributed by atoms with van der Waals surface area (Å²) in [6.45, 7) is 3.48. The Bertz CT molecular complexity index is 701. The second-order valence-electron chi connectivity index (χ2n) is 5.45. The molecule has 0 bridgehead atoms. The molecule has 0 aliphatic heterocycles. The van der Waals surface area contributed by atoms with E-state index >= 15 is 0 Å². The van der Waals surface area contributed by atoms with Crippen LogP contribution in [0.3, 0.4) is 0 Å². The first-order chi connectivity index (χ1) is 11.0. The van der Waals surface area contributed by atoms with Gasteiger partial charge in [0.25, 0.3) is 5.91 Å². The van der Waals surface area contributed by atoms with E-state index in [1.165, 1.54) is 18.2 Å². The fourth-order valence-corrected chi connectivity index (χ4v) is 2.19. The number of rotatable bonds is 5. The van der Waals surface area contributed by atoms with Crippen molar-refractivity contribution in [2.45, 2.75) is 26.3 Å². The van der Waals surface area contributed by atoms with Crippen LogP contribution < -0.4 is 10.6 Å². The number of hydrogen-bond acceptors (Lipinski definition) is 2. The monoisotopic (exact) mass is 314 g/mol. The number of nitrogens with one attached hydrogen (secondary N) is 2. The van der Waals surface area contributed by atoms with Gasteiger partial charge < -0.3 is 10.6 Å². The lowest BCUT2D eigenvalue weighted by Crippen LogP contribution is -2.35. The molecule has 2 N–H and O–H groups in total. The molecular formula is C18H19FN2O2. The molecule has 5 heteroatoms. The van der Waals surface area contributed by atoms with Crippen molar-refractivity contribution in [1.82, 2.24) is 5.32 Å². The van der Waals surface area contributed by atoms with E-state index in [9.17, 15) is 14.0 Å². The molecule has 4 nitrogen and oxygen atoms in total. The van der Waals surface area contributed by atoms with Crippen molar-refractivity contribution >= 4 is 17.5 Å². The highest BCUT2D eigenvalue weighted by Crippen LogP contribution is 2.16. The van der Waals surface area contributed by atoms with Gasteiger partial charge in [0.05, 0.1) is 0 Å². The Labute approximate surface area is 134 Å². The molecule has 1 atom stereocenters. The predicted octanol–water partition coefficient (Wildman–Crippen LogP) is 3.28. The number of amides is 2. The molecule has 2 rings (SSSR count). The number of anilines is 1. The van der Waals surface area contributed by atoms with Crippen LogP contribution in [0.4, 0.5) is 10.1 Å². The lowest BCUT2D eigenvalue weighted by molar-refractivity contribution is -0.116. The summed E-state index contributed by atoms with van der Waals surface area (Å²) in [6.07, 6.45) is 0.134. The van der Waals surface area contributed by atoms with E-state index in [2.05, 4.69) is 10.6 Å². The summed E-state index contributed by atoms with van der Waals surface area (Å²) in [5.41, 5.74) is 1.77. The lowest BCUT2D eigenvalue weighted by atomic mass is 10.1. The summed E-state index contributed by atoms with van der Waals surface area (Å²) >= 11 is 0. The van der Waals surface area contributed by atoms with Gasteiger partial charge in [0.2, 0.25) is 5.91 Å². The molecule has 0 heterocycles. The summed E-state index contributed by atoms with van der Waals surface area (Å²) in [7, 11) is 0. The highest BCUT2D eigenvalue weighted by atomic mass is 19.1. The minimum absolute atomic E-state index is 0.134. The summed E-state index contributed by atoms with van der Waals surface area (Å²) in [6, 6.07) is 12.7. The van der Waals surface area contributed by atoms with Crippen molar-refractivity contribution in [2.75, 3.05) is 5.32 Å². The van der Waals surface area contributed by atoms with Crippen molar-refractivity contribution in [3.63, 3.8) is 0 Å². The maximum Gasteiger partial charge on any atom is 0.251 e. The number of benzene rings is 2. The molecule has 120 valence electrons. The largest absolute Gasteiger partial charge is 0.349 e. The first kappa shape index (κ1) is 16.7. The van der Waals surface area contributed by atoms with Crippen molar-refractivity contribution in [3.8, 4) is 0 Å². The van der Waals surface area contributed by atoms with Gasteiger partial charge in [-0.05, 0) is 49.7 Å². The van der Waals surface area contributed by atoms with Gasteiger partial charge >= 0.3 is 0 Å². The van der Waals surface area contributed by atoms with Gasteiger partial charge in [-0.3, -0.25) is 9.59 Å². The van der Waals surface area contributed by atoms with E-state index in [4.69, 9.17) is 0 Å². The van der Waals surface area contributed by atoms with Crippen molar-refractivity contribution in [3.05, 3.63) is 65.5 Å². The molecule has 0 aliphatic carbocycles. The van der Waals surface area contributed by atoms with Crippen molar-refractivity contribution in [1.29, 1.82) is 0 Å². The third-order valence-electron chi connectivity index (χ3n) is 3.37. The molecule has 0 saturated carbocycles. The van der Waals surface area contributed by atoms with Gasteiger partial charge in [-0.1, -0.05) is 18.2 Å². The van der Waals surface area contributed by atoms with E-state index in [0.717, 1.165) is 0 Å². The maximum atomic E-state index is 13.0. The number of aryl methyl sites for hydroxylation is 1. The van der Waals surface area contributed by atoms with Gasteiger partial charge in [-0.2, -0.15) is 0 Å². The van der Waals surface area contributed by atoms with Gasteiger partial charge in [0.15, 0.2) is 0 Å². The van der Waals surface area contributed by atoms with Crippen LogP contribution in [0.25, 0.3) is 0 Å². The van der Waals surface area contributed by atoms with Crippen molar-refractivity contribution in [2.24, 2.45) is 0 Å².